The maximum absolute atomic E-state index is 11.3. The molecule has 0 unspecified atom stereocenters. The number of anilines is 1. The summed E-state index contributed by atoms with van der Waals surface area (Å²) in [5.41, 5.74) is 1.91. The van der Waals surface area contributed by atoms with Crippen molar-refractivity contribution in [2.24, 2.45) is 0 Å². The van der Waals surface area contributed by atoms with Gasteiger partial charge in [0.2, 0.25) is 11.8 Å². The molecule has 24 heavy (non-hydrogen) atoms. The molecule has 0 atom stereocenters. The van der Waals surface area contributed by atoms with Crippen LogP contribution in [0.25, 0.3) is 16.7 Å². The number of hydrogen-bond acceptors (Lipinski definition) is 5. The number of carbonyl (C=O) groups is 1. The van der Waals surface area contributed by atoms with E-state index in [0.29, 0.717) is 23.4 Å². The quantitative estimate of drug-likeness (QED) is 0.798. The fourth-order valence-corrected chi connectivity index (χ4v) is 2.75. The van der Waals surface area contributed by atoms with Crippen LogP contribution >= 0.6 is 0 Å². The Bertz CT molecular complexity index is 930. The summed E-state index contributed by atoms with van der Waals surface area (Å²) >= 11 is 0. The number of fused-ring (bicyclic) bond motifs is 1. The summed E-state index contributed by atoms with van der Waals surface area (Å²) in [5.74, 6) is 2.02. The number of carbonyl (C=O) groups excluding carboxylic acids is 1. The van der Waals surface area contributed by atoms with Gasteiger partial charge in [0, 0.05) is 36.6 Å². The smallest absolute Gasteiger partial charge is 0.222 e. The zero-order valence-corrected chi connectivity index (χ0v) is 13.5. The van der Waals surface area contributed by atoms with Gasteiger partial charge < -0.3 is 10.1 Å². The molecule has 1 saturated carbocycles. The average Bonchev–Trinajstić information content (AvgIpc) is 3.35. The molecule has 1 amide bonds. The molecule has 1 fully saturated rings. The van der Waals surface area contributed by atoms with Crippen molar-refractivity contribution < 1.29 is 9.53 Å². The topological polar surface area (TPSA) is 81.9 Å². The second kappa shape index (κ2) is 5.59. The van der Waals surface area contributed by atoms with Crippen molar-refractivity contribution in [2.75, 3.05) is 12.4 Å². The van der Waals surface area contributed by atoms with Crippen molar-refractivity contribution in [3.05, 3.63) is 36.2 Å². The van der Waals surface area contributed by atoms with E-state index in [0.717, 1.165) is 29.4 Å². The first-order valence-electron chi connectivity index (χ1n) is 7.83. The maximum Gasteiger partial charge on any atom is 0.222 e. The summed E-state index contributed by atoms with van der Waals surface area (Å²) in [5, 5.41) is 8.48. The number of rotatable bonds is 4. The lowest BCUT2D eigenvalue weighted by molar-refractivity contribution is -0.114. The molecule has 0 bridgehead atoms. The van der Waals surface area contributed by atoms with E-state index >= 15 is 0 Å². The third-order valence-electron chi connectivity index (χ3n) is 4.00. The molecule has 1 N–H and O–H groups in total. The molecular weight excluding hydrogens is 306 g/mol. The van der Waals surface area contributed by atoms with E-state index in [1.54, 1.807) is 24.1 Å². The minimum Gasteiger partial charge on any atom is -0.481 e. The minimum absolute atomic E-state index is 0.158. The molecular formula is C17H17N5O2. The van der Waals surface area contributed by atoms with Gasteiger partial charge in [0.25, 0.3) is 0 Å². The lowest BCUT2D eigenvalue weighted by Gasteiger charge is -2.06. The van der Waals surface area contributed by atoms with E-state index in [1.165, 1.54) is 6.92 Å². The fraction of sp³-hybridized carbons (Fsp3) is 0.294. The molecule has 3 heterocycles. The van der Waals surface area contributed by atoms with Gasteiger partial charge in [0.15, 0.2) is 5.82 Å². The highest BCUT2D eigenvalue weighted by molar-refractivity contribution is 5.91. The van der Waals surface area contributed by atoms with Crippen molar-refractivity contribution in [1.29, 1.82) is 0 Å². The summed E-state index contributed by atoms with van der Waals surface area (Å²) in [6, 6.07) is 7.38. The van der Waals surface area contributed by atoms with E-state index in [4.69, 9.17) is 9.84 Å². The molecule has 0 saturated heterocycles. The predicted octanol–water partition coefficient (Wildman–Crippen LogP) is 2.66. The van der Waals surface area contributed by atoms with Gasteiger partial charge in [-0.3, -0.25) is 4.79 Å². The molecule has 1 aliphatic rings. The van der Waals surface area contributed by atoms with Gasteiger partial charge in [-0.1, -0.05) is 6.07 Å². The zero-order valence-electron chi connectivity index (χ0n) is 13.5. The van der Waals surface area contributed by atoms with Crippen LogP contribution in [0, 0.1) is 0 Å². The van der Waals surface area contributed by atoms with Crippen molar-refractivity contribution in [3.8, 4) is 11.7 Å². The fourth-order valence-electron chi connectivity index (χ4n) is 2.75. The van der Waals surface area contributed by atoms with Crippen molar-refractivity contribution in [1.82, 2.24) is 19.7 Å². The van der Waals surface area contributed by atoms with Crippen LogP contribution in [0.4, 0.5) is 5.82 Å². The third-order valence-corrected chi connectivity index (χ3v) is 4.00. The van der Waals surface area contributed by atoms with Crippen LogP contribution in [0.5, 0.6) is 5.88 Å². The lowest BCUT2D eigenvalue weighted by Crippen LogP contribution is -2.07. The lowest BCUT2D eigenvalue weighted by atomic mass is 10.2. The van der Waals surface area contributed by atoms with Crippen LogP contribution in [0.2, 0.25) is 0 Å². The Kier molecular flexibility index (Phi) is 3.41. The molecule has 122 valence electrons. The molecule has 0 aliphatic heterocycles. The highest BCUT2D eigenvalue weighted by Gasteiger charge is 2.29. The molecule has 0 spiro atoms. The Morgan fingerprint density at radius 2 is 2.21 bits per heavy atom. The Morgan fingerprint density at radius 3 is 2.92 bits per heavy atom. The first kappa shape index (κ1) is 14.6. The largest absolute Gasteiger partial charge is 0.481 e. The predicted molar refractivity (Wildman–Crippen MR) is 89.5 cm³/mol. The summed E-state index contributed by atoms with van der Waals surface area (Å²) in [4.78, 5) is 20.1. The molecule has 0 radical (unpaired) electrons. The molecule has 1 aliphatic carbocycles. The van der Waals surface area contributed by atoms with Crippen LogP contribution in [-0.4, -0.2) is 32.8 Å². The SMILES string of the molecule is COc1cccc(-n2nc(C3CC3)c3cnc(NC(C)=O)cc32)n1. The van der Waals surface area contributed by atoms with Crippen LogP contribution in [0.1, 0.15) is 31.4 Å². The number of hydrogen-bond donors (Lipinski definition) is 1. The monoisotopic (exact) mass is 323 g/mol. The zero-order chi connectivity index (χ0) is 16.7. The van der Waals surface area contributed by atoms with E-state index in [9.17, 15) is 4.79 Å². The van der Waals surface area contributed by atoms with Gasteiger partial charge in [-0.2, -0.15) is 10.1 Å². The number of methoxy groups -OCH3 is 1. The molecule has 7 heteroatoms. The van der Waals surface area contributed by atoms with Crippen molar-refractivity contribution >= 4 is 22.6 Å². The summed E-state index contributed by atoms with van der Waals surface area (Å²) < 4.78 is 7.00. The molecule has 7 nitrogen and oxygen atoms in total. The van der Waals surface area contributed by atoms with Gasteiger partial charge >= 0.3 is 0 Å². The number of pyridine rings is 2. The Hall–Kier alpha value is -2.96. The van der Waals surface area contributed by atoms with Gasteiger partial charge in [0.05, 0.1) is 18.3 Å². The highest BCUT2D eigenvalue weighted by Crippen LogP contribution is 2.42. The van der Waals surface area contributed by atoms with E-state index < -0.39 is 0 Å². The maximum atomic E-state index is 11.3. The second-order valence-electron chi connectivity index (χ2n) is 5.88. The summed E-state index contributed by atoms with van der Waals surface area (Å²) in [6.45, 7) is 1.46. The molecule has 0 aromatic carbocycles. The van der Waals surface area contributed by atoms with Gasteiger partial charge in [-0.25, -0.2) is 9.67 Å². The Labute approximate surface area is 138 Å². The third kappa shape index (κ3) is 2.58. The van der Waals surface area contributed by atoms with Crippen molar-refractivity contribution in [3.63, 3.8) is 0 Å². The molecule has 4 rings (SSSR count). The Balaban J connectivity index is 1.90. The normalized spacial score (nSPS) is 13.9. The first-order chi connectivity index (χ1) is 11.7. The number of nitrogens with zero attached hydrogens (tertiary/aromatic N) is 4. The number of aromatic nitrogens is 4. The van der Waals surface area contributed by atoms with Crippen molar-refractivity contribution in [2.45, 2.75) is 25.7 Å². The van der Waals surface area contributed by atoms with Crippen LogP contribution in [0.3, 0.4) is 0 Å². The Morgan fingerprint density at radius 1 is 1.38 bits per heavy atom. The van der Waals surface area contributed by atoms with Crippen LogP contribution in [0.15, 0.2) is 30.5 Å². The van der Waals surface area contributed by atoms with Gasteiger partial charge in [-0.05, 0) is 18.9 Å². The summed E-state index contributed by atoms with van der Waals surface area (Å²) in [7, 11) is 1.59. The number of nitrogens with one attached hydrogen (secondary N) is 1. The number of amides is 1. The molecule has 3 aromatic rings. The standard InChI is InChI=1S/C17H17N5O2/c1-10(23)19-14-8-13-12(9-18-14)17(11-6-7-11)21-22(13)15-4-3-5-16(20-15)24-2/h3-5,8-9,11H,6-7H2,1-2H3,(H,18,19,23). The van der Waals surface area contributed by atoms with Gasteiger partial charge in [-0.15, -0.1) is 0 Å². The second-order valence-corrected chi connectivity index (χ2v) is 5.88. The minimum atomic E-state index is -0.158. The van der Waals surface area contributed by atoms with Crippen LogP contribution in [-0.2, 0) is 4.79 Å². The number of ether oxygens (including phenoxy) is 1. The average molecular weight is 323 g/mol. The first-order valence-corrected chi connectivity index (χ1v) is 7.83. The van der Waals surface area contributed by atoms with Crippen LogP contribution < -0.4 is 10.1 Å². The van der Waals surface area contributed by atoms with E-state index in [2.05, 4.69) is 15.3 Å². The van der Waals surface area contributed by atoms with E-state index in [-0.39, 0.29) is 5.91 Å². The highest BCUT2D eigenvalue weighted by atomic mass is 16.5. The summed E-state index contributed by atoms with van der Waals surface area (Å²) in [6.07, 6.45) is 4.06. The molecule has 3 aromatic heterocycles. The van der Waals surface area contributed by atoms with Gasteiger partial charge in [0.1, 0.15) is 5.82 Å². The van der Waals surface area contributed by atoms with E-state index in [1.807, 2.05) is 18.2 Å².